The number of aryl methyl sites for hydroxylation is 1. The van der Waals surface area contributed by atoms with Crippen molar-refractivity contribution in [1.29, 1.82) is 0 Å². The maximum absolute atomic E-state index is 11.4. The number of ether oxygens (including phenoxy) is 1. The van der Waals surface area contributed by atoms with Crippen LogP contribution in [0.1, 0.15) is 17.5 Å². The number of amides is 1. The van der Waals surface area contributed by atoms with Crippen molar-refractivity contribution in [3.8, 4) is 5.75 Å². The van der Waals surface area contributed by atoms with Crippen LogP contribution in [-0.4, -0.2) is 18.9 Å². The molecule has 0 saturated heterocycles. The fourth-order valence-corrected chi connectivity index (χ4v) is 2.24. The van der Waals surface area contributed by atoms with Crippen molar-refractivity contribution in [3.05, 3.63) is 23.3 Å². The highest BCUT2D eigenvalue weighted by molar-refractivity contribution is 6.18. The SMILES string of the molecule is COc1ccc(CCCl)c2c1NC(=O)CC2. The molecule has 1 aliphatic rings. The lowest BCUT2D eigenvalue weighted by Gasteiger charge is -2.22. The van der Waals surface area contributed by atoms with Gasteiger partial charge >= 0.3 is 0 Å². The van der Waals surface area contributed by atoms with E-state index in [4.69, 9.17) is 16.3 Å². The van der Waals surface area contributed by atoms with Crippen molar-refractivity contribution in [2.75, 3.05) is 18.3 Å². The molecule has 0 radical (unpaired) electrons. The van der Waals surface area contributed by atoms with Crippen molar-refractivity contribution in [1.82, 2.24) is 0 Å². The second-order valence-corrected chi connectivity index (χ2v) is 4.15. The summed E-state index contributed by atoms with van der Waals surface area (Å²) in [5.74, 6) is 1.36. The van der Waals surface area contributed by atoms with Crippen molar-refractivity contribution < 1.29 is 9.53 Å². The Labute approximate surface area is 99.7 Å². The second-order valence-electron chi connectivity index (χ2n) is 3.77. The van der Waals surface area contributed by atoms with Gasteiger partial charge in [0, 0.05) is 12.3 Å². The zero-order valence-electron chi connectivity index (χ0n) is 9.18. The van der Waals surface area contributed by atoms with Crippen molar-refractivity contribution in [3.63, 3.8) is 0 Å². The third-order valence-corrected chi connectivity index (χ3v) is 3.01. The molecule has 4 heteroatoms. The number of halogens is 1. The number of rotatable bonds is 3. The fourth-order valence-electron chi connectivity index (χ4n) is 2.04. The average Bonchev–Trinajstić information content (AvgIpc) is 2.29. The predicted octanol–water partition coefficient (Wildman–Crippen LogP) is 2.36. The number of alkyl halides is 1. The summed E-state index contributed by atoms with van der Waals surface area (Å²) in [6, 6.07) is 3.91. The van der Waals surface area contributed by atoms with Crippen molar-refractivity contribution >= 4 is 23.2 Å². The zero-order valence-corrected chi connectivity index (χ0v) is 9.93. The van der Waals surface area contributed by atoms with E-state index in [-0.39, 0.29) is 5.91 Å². The van der Waals surface area contributed by atoms with Gasteiger partial charge in [-0.15, -0.1) is 11.6 Å². The molecule has 1 aliphatic heterocycles. The summed E-state index contributed by atoms with van der Waals surface area (Å²) in [5, 5.41) is 2.87. The first-order chi connectivity index (χ1) is 7.76. The molecule has 0 fully saturated rings. The van der Waals surface area contributed by atoms with Crippen molar-refractivity contribution in [2.24, 2.45) is 0 Å². The van der Waals surface area contributed by atoms with Gasteiger partial charge in [-0.05, 0) is 30.0 Å². The Hall–Kier alpha value is -1.22. The first kappa shape index (κ1) is 11.3. The molecule has 1 amide bonds. The number of hydrogen-bond acceptors (Lipinski definition) is 2. The molecule has 16 heavy (non-hydrogen) atoms. The van der Waals surface area contributed by atoms with Crippen LogP contribution < -0.4 is 10.1 Å². The second kappa shape index (κ2) is 4.74. The third-order valence-electron chi connectivity index (χ3n) is 2.82. The summed E-state index contributed by atoms with van der Waals surface area (Å²) in [4.78, 5) is 11.4. The molecule has 1 aromatic carbocycles. The Bertz CT molecular complexity index is 418. The van der Waals surface area contributed by atoms with E-state index in [2.05, 4.69) is 5.32 Å². The Morgan fingerprint density at radius 3 is 2.94 bits per heavy atom. The topological polar surface area (TPSA) is 38.3 Å². The molecule has 0 bridgehead atoms. The van der Waals surface area contributed by atoms with Crippen LogP contribution in [0.3, 0.4) is 0 Å². The lowest BCUT2D eigenvalue weighted by atomic mass is 9.95. The smallest absolute Gasteiger partial charge is 0.224 e. The van der Waals surface area contributed by atoms with Gasteiger partial charge in [0.25, 0.3) is 0 Å². The normalized spacial score (nSPS) is 14.2. The van der Waals surface area contributed by atoms with Gasteiger partial charge in [0.1, 0.15) is 5.75 Å². The molecule has 1 aromatic rings. The Morgan fingerprint density at radius 2 is 2.25 bits per heavy atom. The van der Waals surface area contributed by atoms with Gasteiger partial charge in [0.05, 0.1) is 12.8 Å². The number of carbonyl (C=O) groups excluding carboxylic acids is 1. The number of anilines is 1. The molecular weight excluding hydrogens is 226 g/mol. The van der Waals surface area contributed by atoms with E-state index in [0.29, 0.717) is 12.3 Å². The van der Waals surface area contributed by atoms with Crippen molar-refractivity contribution in [2.45, 2.75) is 19.3 Å². The molecule has 0 unspecified atom stereocenters. The molecule has 3 nitrogen and oxygen atoms in total. The van der Waals surface area contributed by atoms with E-state index in [1.807, 2.05) is 12.1 Å². The standard InChI is InChI=1S/C12H14ClNO2/c1-16-10-4-2-8(6-7-13)9-3-5-11(15)14-12(9)10/h2,4H,3,5-7H2,1H3,(H,14,15). The van der Waals surface area contributed by atoms with E-state index in [0.717, 1.165) is 24.3 Å². The fraction of sp³-hybridized carbons (Fsp3) is 0.417. The maximum atomic E-state index is 11.4. The van der Waals surface area contributed by atoms with Crippen LogP contribution in [0.4, 0.5) is 5.69 Å². The lowest BCUT2D eigenvalue weighted by molar-refractivity contribution is -0.116. The molecule has 0 saturated carbocycles. The Kier molecular flexibility index (Phi) is 3.34. The molecule has 1 heterocycles. The van der Waals surface area contributed by atoms with Gasteiger partial charge in [-0.3, -0.25) is 4.79 Å². The lowest BCUT2D eigenvalue weighted by Crippen LogP contribution is -2.21. The average molecular weight is 240 g/mol. The highest BCUT2D eigenvalue weighted by atomic mass is 35.5. The largest absolute Gasteiger partial charge is 0.495 e. The minimum Gasteiger partial charge on any atom is -0.495 e. The molecule has 2 rings (SSSR count). The van der Waals surface area contributed by atoms with Gasteiger partial charge in [-0.25, -0.2) is 0 Å². The van der Waals surface area contributed by atoms with E-state index < -0.39 is 0 Å². The highest BCUT2D eigenvalue weighted by Gasteiger charge is 2.21. The quantitative estimate of drug-likeness (QED) is 0.823. The molecule has 0 aliphatic carbocycles. The summed E-state index contributed by atoms with van der Waals surface area (Å²) >= 11 is 5.76. The number of fused-ring (bicyclic) bond motifs is 1. The molecule has 0 atom stereocenters. The summed E-state index contributed by atoms with van der Waals surface area (Å²) in [5.41, 5.74) is 3.19. The van der Waals surface area contributed by atoms with Crippen LogP contribution in [-0.2, 0) is 17.6 Å². The molecule has 0 spiro atoms. The summed E-state index contributed by atoms with van der Waals surface area (Å²) in [6.07, 6.45) is 2.13. The summed E-state index contributed by atoms with van der Waals surface area (Å²) in [7, 11) is 1.61. The van der Waals surface area contributed by atoms with E-state index in [1.165, 1.54) is 11.1 Å². The van der Waals surface area contributed by atoms with Crippen LogP contribution >= 0.6 is 11.6 Å². The zero-order chi connectivity index (χ0) is 11.5. The first-order valence-electron chi connectivity index (χ1n) is 5.31. The summed E-state index contributed by atoms with van der Waals surface area (Å²) < 4.78 is 5.25. The number of benzene rings is 1. The van der Waals surface area contributed by atoms with E-state index >= 15 is 0 Å². The molecule has 86 valence electrons. The monoisotopic (exact) mass is 239 g/mol. The van der Waals surface area contributed by atoms with E-state index in [9.17, 15) is 4.79 Å². The Morgan fingerprint density at radius 1 is 1.44 bits per heavy atom. The van der Waals surface area contributed by atoms with E-state index in [1.54, 1.807) is 7.11 Å². The van der Waals surface area contributed by atoms with Crippen LogP contribution in [0.2, 0.25) is 0 Å². The minimum atomic E-state index is 0.0498. The third kappa shape index (κ3) is 2.00. The number of methoxy groups -OCH3 is 1. The molecule has 0 aromatic heterocycles. The predicted molar refractivity (Wildman–Crippen MR) is 64.4 cm³/mol. The van der Waals surface area contributed by atoms with Crippen LogP contribution in [0, 0.1) is 0 Å². The highest BCUT2D eigenvalue weighted by Crippen LogP contribution is 2.35. The summed E-state index contributed by atoms with van der Waals surface area (Å²) in [6.45, 7) is 0. The Balaban J connectivity index is 2.46. The van der Waals surface area contributed by atoms with Gasteiger partial charge < -0.3 is 10.1 Å². The molecular formula is C12H14ClNO2. The van der Waals surface area contributed by atoms with Crippen LogP contribution in [0.25, 0.3) is 0 Å². The van der Waals surface area contributed by atoms with Gasteiger partial charge in [-0.2, -0.15) is 0 Å². The van der Waals surface area contributed by atoms with Gasteiger partial charge in [0.15, 0.2) is 0 Å². The van der Waals surface area contributed by atoms with Gasteiger partial charge in [0.2, 0.25) is 5.91 Å². The number of nitrogens with one attached hydrogen (secondary N) is 1. The minimum absolute atomic E-state index is 0.0498. The van der Waals surface area contributed by atoms with Crippen LogP contribution in [0.5, 0.6) is 5.75 Å². The number of hydrogen-bond donors (Lipinski definition) is 1. The molecule has 1 N–H and O–H groups in total. The van der Waals surface area contributed by atoms with Crippen LogP contribution in [0.15, 0.2) is 12.1 Å². The first-order valence-corrected chi connectivity index (χ1v) is 5.84. The number of carbonyl (C=O) groups is 1. The maximum Gasteiger partial charge on any atom is 0.224 e. The van der Waals surface area contributed by atoms with Gasteiger partial charge in [-0.1, -0.05) is 6.07 Å².